The molecule has 1 aliphatic rings. The van der Waals surface area contributed by atoms with Crippen molar-refractivity contribution in [2.75, 3.05) is 7.11 Å². The van der Waals surface area contributed by atoms with Gasteiger partial charge in [-0.3, -0.25) is 10.5 Å². The van der Waals surface area contributed by atoms with Crippen LogP contribution in [0, 0.1) is 0 Å². The number of hydrogen-bond acceptors (Lipinski definition) is 5. The average molecular weight is 212 g/mol. The molecule has 0 bridgehead atoms. The van der Waals surface area contributed by atoms with Gasteiger partial charge in [0.05, 0.1) is 7.11 Å². The molecule has 1 rings (SSSR count). The minimum Gasteiger partial charge on any atom is -0.497 e. The smallest absolute Gasteiger partial charge is 0.218 e. The van der Waals surface area contributed by atoms with Gasteiger partial charge in [-0.2, -0.15) is 0 Å². The van der Waals surface area contributed by atoms with Crippen LogP contribution in [-0.2, 0) is 9.53 Å². The molecule has 0 aromatic rings. The van der Waals surface area contributed by atoms with Crippen LogP contribution in [0.3, 0.4) is 0 Å². The summed E-state index contributed by atoms with van der Waals surface area (Å²) in [5, 5.41) is 2.54. The summed E-state index contributed by atoms with van der Waals surface area (Å²) in [6.07, 6.45) is 4.47. The highest BCUT2D eigenvalue weighted by Crippen LogP contribution is 2.21. The van der Waals surface area contributed by atoms with Crippen molar-refractivity contribution in [1.82, 2.24) is 5.32 Å². The van der Waals surface area contributed by atoms with E-state index in [1.165, 1.54) is 32.3 Å². The highest BCUT2D eigenvalue weighted by atomic mass is 16.5. The summed E-state index contributed by atoms with van der Waals surface area (Å²) < 4.78 is 5.05. The third-order valence-corrected chi connectivity index (χ3v) is 2.03. The Balaban J connectivity index is 3.02. The summed E-state index contributed by atoms with van der Waals surface area (Å²) in [6, 6.07) is 0. The van der Waals surface area contributed by atoms with E-state index in [2.05, 4.69) is 5.32 Å². The Morgan fingerprint density at radius 3 is 2.47 bits per heavy atom. The van der Waals surface area contributed by atoms with Crippen LogP contribution in [-0.4, -0.2) is 24.3 Å². The second kappa shape index (κ2) is 3.65. The largest absolute Gasteiger partial charge is 0.497 e. The summed E-state index contributed by atoms with van der Waals surface area (Å²) in [7, 11) is 1.44. The molecule has 84 valence electrons. The summed E-state index contributed by atoms with van der Waals surface area (Å²) in [4.78, 5) is 11.0. The van der Waals surface area contributed by atoms with Gasteiger partial charge in [0.2, 0.25) is 5.91 Å². The van der Waals surface area contributed by atoms with Crippen LogP contribution in [0.1, 0.15) is 6.92 Å². The van der Waals surface area contributed by atoms with Crippen molar-refractivity contribution in [1.29, 1.82) is 0 Å². The van der Waals surface area contributed by atoms with Gasteiger partial charge >= 0.3 is 0 Å². The van der Waals surface area contributed by atoms with Crippen molar-refractivity contribution >= 4 is 5.91 Å². The topological polar surface area (TPSA) is 116 Å². The third-order valence-electron chi connectivity index (χ3n) is 2.03. The molecule has 0 aromatic heterocycles. The minimum absolute atomic E-state index is 0.272. The van der Waals surface area contributed by atoms with E-state index in [0.717, 1.165) is 0 Å². The predicted octanol–water partition coefficient (Wildman–Crippen LogP) is -1.51. The lowest BCUT2D eigenvalue weighted by molar-refractivity contribution is -0.120. The Morgan fingerprint density at radius 1 is 1.40 bits per heavy atom. The number of methoxy groups -OCH3 is 1. The minimum atomic E-state index is -1.18. The highest BCUT2D eigenvalue weighted by Gasteiger charge is 2.35. The van der Waals surface area contributed by atoms with Crippen molar-refractivity contribution in [3.63, 3.8) is 0 Å². The first-order chi connectivity index (χ1) is 6.79. The van der Waals surface area contributed by atoms with Crippen LogP contribution in [0.15, 0.2) is 24.0 Å². The maximum atomic E-state index is 11.0. The first-order valence-electron chi connectivity index (χ1n) is 4.42. The van der Waals surface area contributed by atoms with Crippen LogP contribution >= 0.6 is 0 Å². The van der Waals surface area contributed by atoms with Gasteiger partial charge in [-0.1, -0.05) is 0 Å². The van der Waals surface area contributed by atoms with E-state index < -0.39 is 11.3 Å². The lowest BCUT2D eigenvalue weighted by Gasteiger charge is -2.34. The Hall–Kier alpha value is -1.37. The SMILES string of the molecule is COC1=CC(N)(N)C=CC1(N)NC(C)=O. The van der Waals surface area contributed by atoms with Gasteiger partial charge in [0, 0.05) is 6.92 Å². The Bertz CT molecular complexity index is 335. The van der Waals surface area contributed by atoms with E-state index in [1.807, 2.05) is 0 Å². The fourth-order valence-corrected chi connectivity index (χ4v) is 1.37. The molecule has 7 N–H and O–H groups in total. The van der Waals surface area contributed by atoms with Gasteiger partial charge in [0.15, 0.2) is 5.66 Å². The quantitative estimate of drug-likeness (QED) is 0.328. The molecule has 0 saturated heterocycles. The average Bonchev–Trinajstić information content (AvgIpc) is 2.09. The molecule has 6 nitrogen and oxygen atoms in total. The molecule has 0 aliphatic heterocycles. The molecule has 0 radical (unpaired) electrons. The maximum Gasteiger partial charge on any atom is 0.218 e. The Labute approximate surface area is 88.1 Å². The fourth-order valence-electron chi connectivity index (χ4n) is 1.37. The first-order valence-corrected chi connectivity index (χ1v) is 4.42. The zero-order valence-electron chi connectivity index (χ0n) is 8.78. The Morgan fingerprint density at radius 2 is 2.00 bits per heavy atom. The normalized spacial score (nSPS) is 28.2. The van der Waals surface area contributed by atoms with E-state index in [9.17, 15) is 4.79 Å². The van der Waals surface area contributed by atoms with Gasteiger partial charge in [0.25, 0.3) is 0 Å². The summed E-state index contributed by atoms with van der Waals surface area (Å²) in [6.45, 7) is 1.36. The van der Waals surface area contributed by atoms with Crippen LogP contribution in [0.2, 0.25) is 0 Å². The lowest BCUT2D eigenvalue weighted by atomic mass is 9.96. The first kappa shape index (κ1) is 11.7. The predicted molar refractivity (Wildman–Crippen MR) is 56.1 cm³/mol. The zero-order chi connectivity index (χ0) is 11.7. The van der Waals surface area contributed by atoms with Crippen LogP contribution in [0.25, 0.3) is 0 Å². The van der Waals surface area contributed by atoms with Crippen LogP contribution < -0.4 is 22.5 Å². The number of ether oxygens (including phenoxy) is 1. The molecule has 0 saturated carbocycles. The van der Waals surface area contributed by atoms with E-state index in [1.54, 1.807) is 0 Å². The standard InChI is InChI=1S/C9H16N4O2/c1-6(14)13-9(12)4-3-8(10,11)5-7(9)15-2/h3-5H,10-12H2,1-2H3,(H,13,14). The fraction of sp³-hybridized carbons (Fsp3) is 0.444. The highest BCUT2D eigenvalue weighted by molar-refractivity contribution is 5.75. The van der Waals surface area contributed by atoms with Crippen molar-refractivity contribution in [2.24, 2.45) is 17.2 Å². The number of hydrogen-bond donors (Lipinski definition) is 4. The molecule has 6 heteroatoms. The zero-order valence-corrected chi connectivity index (χ0v) is 8.78. The Kier molecular flexibility index (Phi) is 2.85. The number of amides is 1. The molecule has 0 spiro atoms. The summed E-state index contributed by atoms with van der Waals surface area (Å²) in [5.41, 5.74) is 15.0. The third kappa shape index (κ3) is 2.56. The van der Waals surface area contributed by atoms with Crippen LogP contribution in [0.4, 0.5) is 0 Å². The molecular weight excluding hydrogens is 196 g/mol. The van der Waals surface area contributed by atoms with E-state index >= 15 is 0 Å². The maximum absolute atomic E-state index is 11.0. The summed E-state index contributed by atoms with van der Waals surface area (Å²) in [5.74, 6) is 0.0387. The van der Waals surface area contributed by atoms with Gasteiger partial charge in [-0.25, -0.2) is 0 Å². The van der Waals surface area contributed by atoms with Gasteiger partial charge < -0.3 is 21.5 Å². The second-order valence-electron chi connectivity index (χ2n) is 3.60. The lowest BCUT2D eigenvalue weighted by Crippen LogP contribution is -2.60. The monoisotopic (exact) mass is 212 g/mol. The van der Waals surface area contributed by atoms with Crippen molar-refractivity contribution < 1.29 is 9.53 Å². The molecule has 1 amide bonds. The molecule has 1 atom stereocenters. The van der Waals surface area contributed by atoms with Gasteiger partial charge in [-0.05, 0) is 18.2 Å². The molecule has 0 fully saturated rings. The van der Waals surface area contributed by atoms with Crippen molar-refractivity contribution in [3.8, 4) is 0 Å². The van der Waals surface area contributed by atoms with Gasteiger partial charge in [0.1, 0.15) is 11.4 Å². The molecule has 0 aromatic carbocycles. The molecule has 1 unspecified atom stereocenters. The van der Waals surface area contributed by atoms with E-state index in [0.29, 0.717) is 5.76 Å². The van der Waals surface area contributed by atoms with E-state index in [4.69, 9.17) is 21.9 Å². The molecule has 1 aliphatic carbocycles. The molecular formula is C9H16N4O2. The summed E-state index contributed by atoms with van der Waals surface area (Å²) >= 11 is 0. The number of carbonyl (C=O) groups is 1. The van der Waals surface area contributed by atoms with Crippen molar-refractivity contribution in [2.45, 2.75) is 18.2 Å². The number of carbonyl (C=O) groups excluding carboxylic acids is 1. The second-order valence-corrected chi connectivity index (χ2v) is 3.60. The van der Waals surface area contributed by atoms with E-state index in [-0.39, 0.29) is 5.91 Å². The number of nitrogens with one attached hydrogen (secondary N) is 1. The number of nitrogens with two attached hydrogens (primary N) is 3. The van der Waals surface area contributed by atoms with Crippen molar-refractivity contribution in [3.05, 3.63) is 24.0 Å². The molecule has 15 heavy (non-hydrogen) atoms. The number of rotatable bonds is 2. The van der Waals surface area contributed by atoms with Crippen LogP contribution in [0.5, 0.6) is 0 Å². The van der Waals surface area contributed by atoms with Gasteiger partial charge in [-0.15, -0.1) is 0 Å². The molecule has 0 heterocycles.